The zero-order valence-electron chi connectivity index (χ0n) is 17.4. The molecule has 0 amide bonds. The lowest BCUT2D eigenvalue weighted by Crippen LogP contribution is -2.35. The second kappa shape index (κ2) is 9.71. The highest BCUT2D eigenvalue weighted by Gasteiger charge is 2.41. The van der Waals surface area contributed by atoms with Gasteiger partial charge in [-0.15, -0.1) is 0 Å². The van der Waals surface area contributed by atoms with Gasteiger partial charge < -0.3 is 9.84 Å². The number of rotatable bonds is 7. The molecule has 0 spiro atoms. The van der Waals surface area contributed by atoms with Crippen molar-refractivity contribution in [1.29, 1.82) is 0 Å². The largest absolute Gasteiger partial charge is 0.508 e. The van der Waals surface area contributed by atoms with Gasteiger partial charge >= 0.3 is 5.97 Å². The molecule has 0 unspecified atom stereocenters. The van der Waals surface area contributed by atoms with E-state index in [0.29, 0.717) is 17.0 Å². The van der Waals surface area contributed by atoms with Crippen LogP contribution in [0.4, 0.5) is 0 Å². The molecule has 0 atom stereocenters. The fraction of sp³-hybridized carbons (Fsp3) is 0.107. The van der Waals surface area contributed by atoms with Crippen LogP contribution in [0.5, 0.6) is 5.75 Å². The second-order valence-corrected chi connectivity index (χ2v) is 7.94. The SMILES string of the molecule is O=C(CCc1ccc(O)cc1)OC(c1ccccc1)(c1ccccc1)c1ccccc1Cl. The number of esters is 1. The van der Waals surface area contributed by atoms with Gasteiger partial charge in [0.25, 0.3) is 0 Å². The van der Waals surface area contributed by atoms with E-state index in [1.54, 1.807) is 24.3 Å². The topological polar surface area (TPSA) is 46.5 Å². The predicted molar refractivity (Wildman–Crippen MR) is 127 cm³/mol. The van der Waals surface area contributed by atoms with Crippen molar-refractivity contribution in [1.82, 2.24) is 0 Å². The number of phenolic OH excluding ortho intramolecular Hbond substituents is 1. The molecule has 1 N–H and O–H groups in total. The van der Waals surface area contributed by atoms with Gasteiger partial charge in [-0.05, 0) is 30.2 Å². The summed E-state index contributed by atoms with van der Waals surface area (Å²) in [6.07, 6.45) is 0.692. The number of ether oxygens (including phenoxy) is 1. The third-order valence-corrected chi connectivity index (χ3v) is 5.76. The molecule has 0 radical (unpaired) electrons. The Morgan fingerprint density at radius 1 is 0.750 bits per heavy atom. The predicted octanol–water partition coefficient (Wildman–Crippen LogP) is 6.51. The van der Waals surface area contributed by atoms with E-state index in [1.165, 1.54) is 0 Å². The minimum absolute atomic E-state index is 0.191. The van der Waals surface area contributed by atoms with Crippen molar-refractivity contribution in [3.8, 4) is 5.75 Å². The first-order valence-electron chi connectivity index (χ1n) is 10.5. The van der Waals surface area contributed by atoms with Crippen LogP contribution in [0.1, 0.15) is 28.7 Å². The van der Waals surface area contributed by atoms with Crippen LogP contribution in [0.3, 0.4) is 0 Å². The number of carbonyl (C=O) groups excluding carboxylic acids is 1. The normalized spacial score (nSPS) is 11.2. The molecule has 0 saturated carbocycles. The third-order valence-electron chi connectivity index (χ3n) is 5.43. The number of aryl methyl sites for hydroxylation is 1. The van der Waals surface area contributed by atoms with Crippen LogP contribution in [0.15, 0.2) is 109 Å². The summed E-state index contributed by atoms with van der Waals surface area (Å²) in [5.41, 5.74) is 2.10. The summed E-state index contributed by atoms with van der Waals surface area (Å²) in [6.45, 7) is 0. The summed E-state index contributed by atoms with van der Waals surface area (Å²) < 4.78 is 6.35. The third kappa shape index (κ3) is 4.53. The van der Waals surface area contributed by atoms with Gasteiger partial charge in [0, 0.05) is 28.1 Å². The van der Waals surface area contributed by atoms with E-state index < -0.39 is 5.60 Å². The lowest BCUT2D eigenvalue weighted by Gasteiger charge is -2.36. The molecule has 0 aromatic heterocycles. The number of phenols is 1. The average Bonchev–Trinajstić information content (AvgIpc) is 2.84. The molecule has 160 valence electrons. The standard InChI is InChI=1S/C28H23ClO3/c29-26-14-8-7-13-25(26)28(22-9-3-1-4-10-22,23-11-5-2-6-12-23)32-27(31)20-17-21-15-18-24(30)19-16-21/h1-16,18-19,30H,17,20H2. The average molecular weight is 443 g/mol. The number of hydrogen-bond donors (Lipinski definition) is 1. The highest BCUT2D eigenvalue weighted by Crippen LogP contribution is 2.43. The molecule has 32 heavy (non-hydrogen) atoms. The molecule has 4 heteroatoms. The summed E-state index contributed by atoms with van der Waals surface area (Å²) in [7, 11) is 0. The molecule has 4 rings (SSSR count). The van der Waals surface area contributed by atoms with Gasteiger partial charge in [0.15, 0.2) is 5.60 Å². The van der Waals surface area contributed by atoms with Gasteiger partial charge in [0.1, 0.15) is 5.75 Å². The first-order valence-corrected chi connectivity index (χ1v) is 10.8. The Labute approximate surface area is 192 Å². The molecule has 0 aliphatic heterocycles. The van der Waals surface area contributed by atoms with Crippen molar-refractivity contribution in [2.75, 3.05) is 0 Å². The van der Waals surface area contributed by atoms with Gasteiger partial charge in [-0.25, -0.2) is 0 Å². The fourth-order valence-electron chi connectivity index (χ4n) is 3.87. The first kappa shape index (κ1) is 21.7. The van der Waals surface area contributed by atoms with Crippen molar-refractivity contribution in [2.45, 2.75) is 18.4 Å². The van der Waals surface area contributed by atoms with Gasteiger partial charge in [-0.2, -0.15) is 0 Å². The second-order valence-electron chi connectivity index (χ2n) is 7.53. The Morgan fingerprint density at radius 3 is 1.84 bits per heavy atom. The number of hydrogen-bond acceptors (Lipinski definition) is 3. The number of aromatic hydroxyl groups is 1. The molecule has 0 aliphatic rings. The molecule has 0 bridgehead atoms. The molecule has 0 heterocycles. The lowest BCUT2D eigenvalue weighted by atomic mass is 9.80. The van der Waals surface area contributed by atoms with E-state index in [2.05, 4.69) is 0 Å². The van der Waals surface area contributed by atoms with Gasteiger partial charge in [-0.1, -0.05) is 103 Å². The van der Waals surface area contributed by atoms with Crippen LogP contribution in [-0.4, -0.2) is 11.1 Å². The molecular weight excluding hydrogens is 420 g/mol. The van der Waals surface area contributed by atoms with Gasteiger partial charge in [0.05, 0.1) is 0 Å². The maximum Gasteiger partial charge on any atom is 0.307 e. The van der Waals surface area contributed by atoms with Crippen LogP contribution in [0, 0.1) is 0 Å². The van der Waals surface area contributed by atoms with Crippen LogP contribution in [0.25, 0.3) is 0 Å². The van der Waals surface area contributed by atoms with Crippen LogP contribution in [0.2, 0.25) is 5.02 Å². The monoisotopic (exact) mass is 442 g/mol. The van der Waals surface area contributed by atoms with Crippen LogP contribution < -0.4 is 0 Å². The lowest BCUT2D eigenvalue weighted by molar-refractivity contribution is -0.153. The van der Waals surface area contributed by atoms with Crippen molar-refractivity contribution >= 4 is 17.6 Å². The zero-order valence-corrected chi connectivity index (χ0v) is 18.2. The van der Waals surface area contributed by atoms with Crippen molar-refractivity contribution in [2.24, 2.45) is 0 Å². The first-order chi connectivity index (χ1) is 15.6. The maximum atomic E-state index is 13.2. The summed E-state index contributed by atoms with van der Waals surface area (Å²) in [5.74, 6) is -0.145. The zero-order chi connectivity index (χ0) is 22.4. The molecular formula is C28H23ClO3. The Bertz CT molecular complexity index is 1130. The molecule has 0 fully saturated rings. The maximum absolute atomic E-state index is 13.2. The van der Waals surface area contributed by atoms with E-state index in [0.717, 1.165) is 16.7 Å². The quantitative estimate of drug-likeness (QED) is 0.262. The summed E-state index contributed by atoms with van der Waals surface area (Å²) in [5, 5.41) is 10.0. The minimum atomic E-state index is -1.19. The summed E-state index contributed by atoms with van der Waals surface area (Å²) in [4.78, 5) is 13.2. The minimum Gasteiger partial charge on any atom is -0.508 e. The van der Waals surface area contributed by atoms with Crippen LogP contribution in [-0.2, 0) is 21.6 Å². The number of benzene rings is 4. The highest BCUT2D eigenvalue weighted by atomic mass is 35.5. The number of halogens is 1. The smallest absolute Gasteiger partial charge is 0.307 e. The van der Waals surface area contributed by atoms with E-state index in [9.17, 15) is 9.90 Å². The summed E-state index contributed by atoms with van der Waals surface area (Å²) >= 11 is 6.66. The van der Waals surface area contributed by atoms with E-state index in [-0.39, 0.29) is 18.1 Å². The van der Waals surface area contributed by atoms with Gasteiger partial charge in [-0.3, -0.25) is 4.79 Å². The molecule has 0 aliphatic carbocycles. The van der Waals surface area contributed by atoms with Crippen LogP contribution >= 0.6 is 11.6 Å². The van der Waals surface area contributed by atoms with Gasteiger partial charge in [0.2, 0.25) is 0 Å². The Hall–Kier alpha value is -3.56. The highest BCUT2D eigenvalue weighted by molar-refractivity contribution is 6.31. The Balaban J connectivity index is 1.77. The fourth-order valence-corrected chi connectivity index (χ4v) is 4.14. The Kier molecular flexibility index (Phi) is 6.58. The van der Waals surface area contributed by atoms with E-state index in [4.69, 9.17) is 16.3 Å². The van der Waals surface area contributed by atoms with E-state index >= 15 is 0 Å². The molecule has 4 aromatic carbocycles. The molecule has 4 aromatic rings. The Morgan fingerprint density at radius 2 is 1.28 bits per heavy atom. The number of carbonyl (C=O) groups is 1. The van der Waals surface area contributed by atoms with E-state index in [1.807, 2.05) is 84.9 Å². The molecule has 0 saturated heterocycles. The van der Waals surface area contributed by atoms with Crippen molar-refractivity contribution in [3.63, 3.8) is 0 Å². The van der Waals surface area contributed by atoms with Crippen molar-refractivity contribution in [3.05, 3.63) is 136 Å². The molecule has 3 nitrogen and oxygen atoms in total. The summed E-state index contributed by atoms with van der Waals surface area (Å²) in [6, 6.07) is 33.6. The van der Waals surface area contributed by atoms with Crippen molar-refractivity contribution < 1.29 is 14.6 Å².